The zero-order valence-electron chi connectivity index (χ0n) is 9.77. The molecular formula is C12H13Br2Cl2NO. The molecule has 0 heterocycles. The van der Waals surface area contributed by atoms with Crippen molar-refractivity contribution in [3.05, 3.63) is 32.7 Å². The van der Waals surface area contributed by atoms with Crippen molar-refractivity contribution < 1.29 is 4.79 Å². The van der Waals surface area contributed by atoms with Crippen molar-refractivity contribution in [1.82, 2.24) is 5.32 Å². The van der Waals surface area contributed by atoms with E-state index in [0.29, 0.717) is 12.0 Å². The number of carbonyl (C=O) groups excluding carboxylic acids is 1. The molecule has 0 spiro atoms. The first kappa shape index (κ1) is 16.3. The van der Waals surface area contributed by atoms with Crippen molar-refractivity contribution in [3.63, 3.8) is 0 Å². The van der Waals surface area contributed by atoms with Crippen molar-refractivity contribution in [2.75, 3.05) is 11.8 Å². The van der Waals surface area contributed by atoms with E-state index in [1.165, 1.54) is 0 Å². The molecule has 6 heteroatoms. The van der Waals surface area contributed by atoms with E-state index in [1.54, 1.807) is 12.1 Å². The summed E-state index contributed by atoms with van der Waals surface area (Å²) < 4.78 is 1.67. The number of amides is 1. The molecule has 1 amide bonds. The van der Waals surface area contributed by atoms with Gasteiger partial charge >= 0.3 is 0 Å². The van der Waals surface area contributed by atoms with E-state index < -0.39 is 5.54 Å². The molecule has 0 bridgehead atoms. The molecule has 0 atom stereocenters. The predicted molar refractivity (Wildman–Crippen MR) is 83.8 cm³/mol. The first-order valence-electron chi connectivity index (χ1n) is 5.37. The van der Waals surface area contributed by atoms with Crippen molar-refractivity contribution in [1.29, 1.82) is 0 Å². The van der Waals surface area contributed by atoms with Crippen LogP contribution in [0, 0.1) is 0 Å². The van der Waals surface area contributed by atoms with Crippen LogP contribution < -0.4 is 5.32 Å². The summed E-state index contributed by atoms with van der Waals surface area (Å²) in [6, 6.07) is 5.37. The number of benzene rings is 1. The van der Waals surface area contributed by atoms with Crippen LogP contribution in [-0.4, -0.2) is 23.2 Å². The van der Waals surface area contributed by atoms with E-state index in [9.17, 15) is 4.79 Å². The molecule has 0 fully saturated rings. The second kappa shape index (κ2) is 7.13. The Morgan fingerprint density at radius 2 is 1.72 bits per heavy atom. The Morgan fingerprint density at radius 3 is 2.11 bits per heavy atom. The van der Waals surface area contributed by atoms with Gasteiger partial charge in [-0.25, -0.2) is 0 Å². The van der Waals surface area contributed by atoms with E-state index in [2.05, 4.69) is 37.2 Å². The first-order chi connectivity index (χ1) is 8.46. The van der Waals surface area contributed by atoms with Crippen molar-refractivity contribution >= 4 is 61.0 Å². The van der Waals surface area contributed by atoms with Crippen LogP contribution in [0.3, 0.4) is 0 Å². The van der Waals surface area contributed by atoms with E-state index in [4.69, 9.17) is 23.2 Å². The highest BCUT2D eigenvalue weighted by atomic mass is 79.9. The maximum atomic E-state index is 12.2. The monoisotopic (exact) mass is 415 g/mol. The Kier molecular flexibility index (Phi) is 6.45. The second-order valence-electron chi connectivity index (χ2n) is 4.01. The molecule has 0 aliphatic rings. The van der Waals surface area contributed by atoms with E-state index in [-0.39, 0.29) is 17.7 Å². The molecule has 0 radical (unpaired) electrons. The Balaban J connectivity index is 2.94. The van der Waals surface area contributed by atoms with Gasteiger partial charge in [0.05, 0.1) is 5.54 Å². The Hall–Kier alpha value is 0.230. The van der Waals surface area contributed by atoms with Gasteiger partial charge in [-0.15, -0.1) is 23.2 Å². The van der Waals surface area contributed by atoms with Gasteiger partial charge in [-0.3, -0.25) is 4.79 Å². The van der Waals surface area contributed by atoms with E-state index in [0.717, 1.165) is 8.95 Å². The lowest BCUT2D eigenvalue weighted by molar-refractivity contribution is 0.0913. The lowest BCUT2D eigenvalue weighted by Gasteiger charge is -2.29. The second-order valence-corrected chi connectivity index (χ2v) is 6.38. The zero-order chi connectivity index (χ0) is 13.8. The topological polar surface area (TPSA) is 29.1 Å². The number of hydrogen-bond donors (Lipinski definition) is 1. The molecule has 0 unspecified atom stereocenters. The number of carbonyl (C=O) groups is 1. The molecule has 0 aromatic heterocycles. The minimum absolute atomic E-state index is 0.180. The Labute approximate surface area is 134 Å². The van der Waals surface area contributed by atoms with Crippen LogP contribution in [0.2, 0.25) is 0 Å². The van der Waals surface area contributed by atoms with Crippen molar-refractivity contribution in [2.45, 2.75) is 18.9 Å². The van der Waals surface area contributed by atoms with Gasteiger partial charge in [-0.1, -0.05) is 38.8 Å². The minimum atomic E-state index is -0.561. The summed E-state index contributed by atoms with van der Waals surface area (Å²) in [6.45, 7) is 1.95. The summed E-state index contributed by atoms with van der Waals surface area (Å²) in [5.41, 5.74) is -0.000983. The van der Waals surface area contributed by atoms with Gasteiger partial charge in [0.2, 0.25) is 0 Å². The third-order valence-corrected chi connectivity index (χ3v) is 4.63. The number of nitrogens with one attached hydrogen (secondary N) is 1. The molecule has 0 saturated heterocycles. The molecular weight excluding hydrogens is 405 g/mol. The summed E-state index contributed by atoms with van der Waals surface area (Å²) in [7, 11) is 0. The van der Waals surface area contributed by atoms with Crippen LogP contribution >= 0.6 is 55.1 Å². The number of halogens is 4. The van der Waals surface area contributed by atoms with Crippen molar-refractivity contribution in [3.8, 4) is 0 Å². The standard InChI is InChI=1S/C12H13Br2Cl2NO/c1-2-12(6-15,7-16)17-11(18)8-3-9(13)5-10(14)4-8/h3-5H,2,6-7H2,1H3,(H,17,18). The molecule has 1 aromatic carbocycles. The summed E-state index contributed by atoms with van der Waals surface area (Å²) >= 11 is 18.5. The highest BCUT2D eigenvalue weighted by molar-refractivity contribution is 9.11. The third-order valence-electron chi connectivity index (χ3n) is 2.69. The Bertz CT molecular complexity index is 408. The normalized spacial score (nSPS) is 11.4. The van der Waals surface area contributed by atoms with Gasteiger partial charge in [0.25, 0.3) is 5.91 Å². The van der Waals surface area contributed by atoms with Crippen LogP contribution in [-0.2, 0) is 0 Å². The number of rotatable bonds is 5. The van der Waals surface area contributed by atoms with Gasteiger partial charge in [-0.2, -0.15) is 0 Å². The van der Waals surface area contributed by atoms with Crippen LogP contribution in [0.25, 0.3) is 0 Å². The minimum Gasteiger partial charge on any atom is -0.344 e. The highest BCUT2D eigenvalue weighted by Gasteiger charge is 2.28. The highest BCUT2D eigenvalue weighted by Crippen LogP contribution is 2.21. The summed E-state index contributed by atoms with van der Waals surface area (Å²) in [4.78, 5) is 12.2. The molecule has 2 nitrogen and oxygen atoms in total. The third kappa shape index (κ3) is 4.12. The smallest absolute Gasteiger partial charge is 0.251 e. The maximum Gasteiger partial charge on any atom is 0.251 e. The molecule has 0 saturated carbocycles. The van der Waals surface area contributed by atoms with Crippen LogP contribution in [0.15, 0.2) is 27.1 Å². The van der Waals surface area contributed by atoms with Crippen molar-refractivity contribution in [2.24, 2.45) is 0 Å². The number of alkyl halides is 2. The van der Waals surface area contributed by atoms with E-state index in [1.807, 2.05) is 13.0 Å². The van der Waals surface area contributed by atoms with Gasteiger partial charge in [-0.05, 0) is 24.6 Å². The molecule has 100 valence electrons. The summed E-state index contributed by atoms with van der Waals surface area (Å²) in [6.07, 6.45) is 0.681. The molecule has 1 N–H and O–H groups in total. The summed E-state index contributed by atoms with van der Waals surface area (Å²) in [5, 5.41) is 2.91. The molecule has 0 aliphatic heterocycles. The van der Waals surface area contributed by atoms with Gasteiger partial charge in [0, 0.05) is 26.3 Å². The average Bonchev–Trinajstić information content (AvgIpc) is 2.35. The van der Waals surface area contributed by atoms with Gasteiger partial charge < -0.3 is 5.32 Å². The fourth-order valence-corrected chi connectivity index (χ4v) is 3.47. The van der Waals surface area contributed by atoms with Gasteiger partial charge in [0.1, 0.15) is 0 Å². The molecule has 0 aliphatic carbocycles. The Morgan fingerprint density at radius 1 is 1.22 bits per heavy atom. The predicted octanol–water partition coefficient (Wildman–Crippen LogP) is 4.57. The number of hydrogen-bond acceptors (Lipinski definition) is 1. The molecule has 1 rings (SSSR count). The zero-order valence-corrected chi connectivity index (χ0v) is 14.5. The van der Waals surface area contributed by atoms with Crippen LogP contribution in [0.5, 0.6) is 0 Å². The van der Waals surface area contributed by atoms with Crippen LogP contribution in [0.1, 0.15) is 23.7 Å². The SMILES string of the molecule is CCC(CCl)(CCl)NC(=O)c1cc(Br)cc(Br)c1. The largest absolute Gasteiger partial charge is 0.344 e. The summed E-state index contributed by atoms with van der Waals surface area (Å²) in [5.74, 6) is 0.391. The fourth-order valence-electron chi connectivity index (χ4n) is 1.38. The maximum absolute atomic E-state index is 12.2. The molecule has 18 heavy (non-hydrogen) atoms. The quantitative estimate of drug-likeness (QED) is 0.699. The average molecular weight is 418 g/mol. The lowest BCUT2D eigenvalue weighted by atomic mass is 10.0. The molecule has 1 aromatic rings. The van der Waals surface area contributed by atoms with E-state index >= 15 is 0 Å². The first-order valence-corrected chi connectivity index (χ1v) is 8.02. The van der Waals surface area contributed by atoms with Gasteiger partial charge in [0.15, 0.2) is 0 Å². The fraction of sp³-hybridized carbons (Fsp3) is 0.417. The lowest BCUT2D eigenvalue weighted by Crippen LogP contribution is -2.51. The van der Waals surface area contributed by atoms with Crippen LogP contribution in [0.4, 0.5) is 0 Å².